The molecular formula is C65H96N4O28. The van der Waals surface area contributed by atoms with Crippen LogP contribution in [0.4, 0.5) is 4.79 Å². The van der Waals surface area contributed by atoms with E-state index in [2.05, 4.69) is 16.1 Å². The third kappa shape index (κ3) is 30.2. The summed E-state index contributed by atoms with van der Waals surface area (Å²) in [6, 6.07) is 9.04. The summed E-state index contributed by atoms with van der Waals surface area (Å²) in [6.07, 6.45) is -8.08. The Labute approximate surface area is 564 Å². The number of hydroxylamine groups is 1. The van der Waals surface area contributed by atoms with Gasteiger partial charge in [0.15, 0.2) is 12.2 Å². The zero-order valence-electron chi connectivity index (χ0n) is 57.6. The molecule has 32 heteroatoms. The molecule has 0 unspecified atom stereocenters. The second-order valence-corrected chi connectivity index (χ2v) is 23.4. The molecule has 0 bridgehead atoms. The summed E-state index contributed by atoms with van der Waals surface area (Å²) in [6.45, 7) is 19.1. The van der Waals surface area contributed by atoms with Crippen molar-refractivity contribution >= 4 is 59.6 Å². The molecule has 2 aromatic rings. The van der Waals surface area contributed by atoms with E-state index < -0.39 is 120 Å². The fourth-order valence-corrected chi connectivity index (χ4v) is 9.43. The molecule has 10 atom stereocenters. The topological polar surface area (TPSA) is 376 Å². The van der Waals surface area contributed by atoms with Crippen LogP contribution in [-0.4, -0.2) is 232 Å². The first-order valence-corrected chi connectivity index (χ1v) is 31.8. The van der Waals surface area contributed by atoms with Crippen molar-refractivity contribution in [2.24, 2.45) is 17.8 Å². The number of hydrogen-bond donors (Lipinski definition) is 3. The highest BCUT2D eigenvalue weighted by Gasteiger charge is 2.50. The van der Waals surface area contributed by atoms with Crippen LogP contribution in [0.25, 0.3) is 0 Å². The lowest BCUT2D eigenvalue weighted by atomic mass is 9.83. The van der Waals surface area contributed by atoms with Gasteiger partial charge in [-0.15, -0.1) is 0 Å². The van der Waals surface area contributed by atoms with Crippen molar-refractivity contribution in [2.75, 3.05) is 119 Å². The van der Waals surface area contributed by atoms with Crippen molar-refractivity contribution in [2.45, 2.75) is 145 Å². The van der Waals surface area contributed by atoms with E-state index in [0.29, 0.717) is 11.1 Å². The molecule has 32 nitrogen and oxygen atoms in total. The van der Waals surface area contributed by atoms with E-state index in [1.54, 1.807) is 60.6 Å². The molecule has 2 fully saturated rings. The SMILES string of the molecule is COC(=O)[C@H]1O[C@@H](Oc2ccc(COC(C)=O)cc2C(=O)NCCOCCOCCN(CCOCCOCCNC(=O)c2cc(COC(C)=O)ccc2O[C@@H]2O[C@H](C)[C@@H](C)[C@H](OC(C)=O)[C@H]2OC(C)=O)C(=O)COCCOCCONC(=O)OC(C)(C)C)[C@H](OC(C)=O)[C@@H](C)[C@@H]1C. The van der Waals surface area contributed by atoms with Crippen LogP contribution >= 0.6 is 0 Å². The van der Waals surface area contributed by atoms with E-state index in [1.807, 2.05) is 0 Å². The van der Waals surface area contributed by atoms with Crippen LogP contribution in [-0.2, 0) is 123 Å². The Morgan fingerprint density at radius 1 is 0.505 bits per heavy atom. The Hall–Kier alpha value is -7.82. The molecule has 4 amide bonds. The number of esters is 6. The number of amides is 4. The maximum absolute atomic E-state index is 13.8. The molecule has 2 aromatic carbocycles. The average molecular weight is 1380 g/mol. The second-order valence-electron chi connectivity index (χ2n) is 23.4. The molecule has 2 aliphatic heterocycles. The molecular weight excluding hydrogens is 1280 g/mol. The minimum atomic E-state index is -1.33. The summed E-state index contributed by atoms with van der Waals surface area (Å²) < 4.78 is 95.7. The number of rotatable bonds is 41. The van der Waals surface area contributed by atoms with Crippen molar-refractivity contribution in [1.29, 1.82) is 0 Å². The van der Waals surface area contributed by atoms with E-state index in [-0.39, 0.29) is 154 Å². The monoisotopic (exact) mass is 1380 g/mol. The molecule has 544 valence electrons. The smallest absolute Gasteiger partial charge is 0.431 e. The standard InChI is InChI=1S/C65H96N4O28/c1-39-40(2)57(92-46(8)73)62(96-56(39)61(78)80-13)94-52-16-14-48(36-87-43(5)70)34-50(52)59(76)66-18-22-81-26-28-83-24-20-69(54(75)38-86-31-30-85-32-33-89-68-64(79)97-65(10,11)12)21-25-84-29-27-82-23-19-67-60(77)51-35-49(37-88-44(6)71)15-17-53(51)95-63-58(93-47(9)74)55(91-45(7)72)41(3)42(4)90-63/h14-17,34-35,39-42,55-58,62-63H,18-33,36-38H2,1-13H3,(H,66,76)(H,67,77)(H,68,79)/t39-,40-,41+,42+,55-,56-,57+,58+,62+,63-/m0/s1. The third-order valence-corrected chi connectivity index (χ3v) is 14.5. The van der Waals surface area contributed by atoms with E-state index in [0.717, 1.165) is 0 Å². The van der Waals surface area contributed by atoms with E-state index >= 15 is 0 Å². The van der Waals surface area contributed by atoms with Gasteiger partial charge >= 0.3 is 41.9 Å². The first-order valence-electron chi connectivity index (χ1n) is 31.8. The normalized spacial score (nSPS) is 20.6. The first kappa shape index (κ1) is 81.6. The summed E-state index contributed by atoms with van der Waals surface area (Å²) in [5.74, 6) is -6.43. The molecule has 2 saturated heterocycles. The number of carbonyl (C=O) groups is 10. The van der Waals surface area contributed by atoms with Gasteiger partial charge in [-0.1, -0.05) is 32.9 Å². The van der Waals surface area contributed by atoms with E-state index in [1.165, 1.54) is 70.9 Å². The molecule has 0 spiro atoms. The van der Waals surface area contributed by atoms with Crippen LogP contribution in [0.3, 0.4) is 0 Å². The van der Waals surface area contributed by atoms with E-state index in [9.17, 15) is 47.9 Å². The lowest BCUT2D eigenvalue weighted by Crippen LogP contribution is -2.57. The summed E-state index contributed by atoms with van der Waals surface area (Å²) >= 11 is 0. The van der Waals surface area contributed by atoms with Gasteiger partial charge in [0.1, 0.15) is 43.0 Å². The second kappa shape index (κ2) is 42.8. The lowest BCUT2D eigenvalue weighted by molar-refractivity contribution is -0.263. The Kier molecular flexibility index (Phi) is 36.0. The molecule has 3 N–H and O–H groups in total. The zero-order valence-corrected chi connectivity index (χ0v) is 57.6. The van der Waals surface area contributed by atoms with Gasteiger partial charge in [-0.05, 0) is 69.0 Å². The third-order valence-electron chi connectivity index (χ3n) is 14.5. The maximum atomic E-state index is 13.8. The van der Waals surface area contributed by atoms with Gasteiger partial charge in [-0.3, -0.25) is 43.2 Å². The predicted octanol–water partition coefficient (Wildman–Crippen LogP) is 3.46. The average Bonchev–Trinajstić information content (AvgIpc) is 0.796. The molecule has 2 aliphatic rings. The number of nitrogens with one attached hydrogen (secondary N) is 3. The summed E-state index contributed by atoms with van der Waals surface area (Å²) in [5.41, 5.74) is 2.42. The Bertz CT molecular complexity index is 2870. The number of ether oxygens (including phenoxy) is 17. The van der Waals surface area contributed by atoms with Crippen LogP contribution < -0.4 is 25.6 Å². The molecule has 0 aromatic heterocycles. The number of hydrogen-bond acceptors (Lipinski definition) is 28. The minimum absolute atomic E-state index is 0.0163. The van der Waals surface area contributed by atoms with Crippen LogP contribution in [0, 0.1) is 17.8 Å². The van der Waals surface area contributed by atoms with Crippen LogP contribution in [0.15, 0.2) is 36.4 Å². The number of nitrogens with zero attached hydrogens (tertiary/aromatic N) is 1. The van der Waals surface area contributed by atoms with E-state index in [4.69, 9.17) is 85.4 Å². The number of methoxy groups -OCH3 is 1. The predicted molar refractivity (Wildman–Crippen MR) is 336 cm³/mol. The van der Waals surface area contributed by atoms with Gasteiger partial charge in [0, 0.05) is 72.6 Å². The Morgan fingerprint density at radius 3 is 1.42 bits per heavy atom. The van der Waals surface area contributed by atoms with Crippen molar-refractivity contribution in [1.82, 2.24) is 21.0 Å². The summed E-state index contributed by atoms with van der Waals surface area (Å²) in [7, 11) is 1.22. The lowest BCUT2D eigenvalue weighted by Gasteiger charge is -2.43. The van der Waals surface area contributed by atoms with Gasteiger partial charge in [0.05, 0.1) is 104 Å². The van der Waals surface area contributed by atoms with Crippen molar-refractivity contribution in [3.05, 3.63) is 58.7 Å². The van der Waals surface area contributed by atoms with Gasteiger partial charge in [0.2, 0.25) is 24.6 Å². The van der Waals surface area contributed by atoms with Gasteiger partial charge in [0.25, 0.3) is 11.8 Å². The van der Waals surface area contributed by atoms with Gasteiger partial charge in [-0.2, -0.15) is 5.48 Å². The largest absolute Gasteiger partial charge is 0.467 e. The fourth-order valence-electron chi connectivity index (χ4n) is 9.43. The highest BCUT2D eigenvalue weighted by molar-refractivity contribution is 5.98. The van der Waals surface area contributed by atoms with Gasteiger partial charge in [-0.25, -0.2) is 9.59 Å². The maximum Gasteiger partial charge on any atom is 0.431 e. The first-order chi connectivity index (χ1) is 46.1. The number of carbonyl (C=O) groups excluding carboxylic acids is 10. The number of benzene rings is 2. The zero-order chi connectivity index (χ0) is 71.6. The quantitative estimate of drug-likeness (QED) is 0.0371. The van der Waals surface area contributed by atoms with Crippen molar-refractivity contribution in [3.8, 4) is 11.5 Å². The highest BCUT2D eigenvalue weighted by Crippen LogP contribution is 2.37. The van der Waals surface area contributed by atoms with Crippen LogP contribution in [0.5, 0.6) is 11.5 Å². The molecule has 0 radical (unpaired) electrons. The summed E-state index contributed by atoms with van der Waals surface area (Å²) in [4.78, 5) is 132. The van der Waals surface area contributed by atoms with Crippen LogP contribution in [0.2, 0.25) is 0 Å². The fraction of sp³-hybridized carbons (Fsp3) is 0.662. The van der Waals surface area contributed by atoms with Crippen molar-refractivity contribution < 1.29 is 133 Å². The minimum Gasteiger partial charge on any atom is -0.467 e. The molecule has 2 heterocycles. The molecule has 4 rings (SSSR count). The highest BCUT2D eigenvalue weighted by atomic mass is 16.7. The Balaban J connectivity index is 1.28. The summed E-state index contributed by atoms with van der Waals surface area (Å²) in [5, 5.41) is 5.54. The van der Waals surface area contributed by atoms with Crippen molar-refractivity contribution in [3.63, 3.8) is 0 Å². The molecule has 0 aliphatic carbocycles. The molecule has 0 saturated carbocycles. The molecule has 97 heavy (non-hydrogen) atoms. The Morgan fingerprint density at radius 2 is 0.948 bits per heavy atom. The van der Waals surface area contributed by atoms with Crippen LogP contribution in [0.1, 0.15) is 115 Å². The van der Waals surface area contributed by atoms with Gasteiger partial charge < -0.3 is 96.1 Å².